The normalized spacial score (nSPS) is 18.2. The zero-order valence-corrected chi connectivity index (χ0v) is 9.28. The van der Waals surface area contributed by atoms with Crippen LogP contribution in [0.1, 0.15) is 0 Å². The summed E-state index contributed by atoms with van der Waals surface area (Å²) in [5, 5.41) is 0. The van der Waals surface area contributed by atoms with Crippen molar-refractivity contribution in [1.29, 1.82) is 0 Å². The number of hydrogen-bond acceptors (Lipinski definition) is 5. The molecule has 0 aromatic heterocycles. The second kappa shape index (κ2) is 3.96. The molecule has 0 aliphatic rings. The van der Waals surface area contributed by atoms with Gasteiger partial charge in [-0.15, -0.1) is 0 Å². The first-order valence-corrected chi connectivity index (χ1v) is 8.51. The molecule has 0 spiro atoms. The molecule has 10 nitrogen and oxygen atoms in total. The Balaban J connectivity index is 4.54. The number of hydrogen-bond donors (Lipinski definition) is 5. The van der Waals surface area contributed by atoms with Crippen LogP contribution < -0.4 is 0 Å². The fraction of sp³-hybridized carbons (Fsp3) is 0. The summed E-state index contributed by atoms with van der Waals surface area (Å²) < 4.78 is 52.6. The van der Waals surface area contributed by atoms with Gasteiger partial charge in [0.1, 0.15) is 0 Å². The molecule has 13 heteroatoms. The molecule has 0 aliphatic carbocycles. The van der Waals surface area contributed by atoms with Crippen molar-refractivity contribution in [3.8, 4) is 0 Å². The van der Waals surface area contributed by atoms with E-state index in [0.29, 0.717) is 0 Å². The Kier molecular flexibility index (Phi) is 4.12. The quantitative estimate of drug-likeness (QED) is 0.290. The van der Waals surface area contributed by atoms with Gasteiger partial charge >= 0.3 is 73.7 Å². The van der Waals surface area contributed by atoms with Crippen molar-refractivity contribution in [1.82, 2.24) is 0 Å². The summed E-state index contributed by atoms with van der Waals surface area (Å²) in [5.41, 5.74) is 0. The van der Waals surface area contributed by atoms with Gasteiger partial charge in [0, 0.05) is 0 Å². The predicted molar refractivity (Wildman–Crippen MR) is 34.9 cm³/mol. The van der Waals surface area contributed by atoms with Crippen LogP contribution >= 0.6 is 15.6 Å². The van der Waals surface area contributed by atoms with E-state index in [1.807, 2.05) is 0 Å². The second-order valence-corrected chi connectivity index (χ2v) is 7.43. The zero-order chi connectivity index (χ0) is 10.9. The molecule has 13 heavy (non-hydrogen) atoms. The van der Waals surface area contributed by atoms with Crippen molar-refractivity contribution >= 4 is 30.2 Å². The van der Waals surface area contributed by atoms with Gasteiger partial charge in [0.25, 0.3) is 0 Å². The molecular weight excluding hydrogens is 297 g/mol. The summed E-state index contributed by atoms with van der Waals surface area (Å²) in [4.78, 5) is 24.3. The fourth-order valence-corrected chi connectivity index (χ4v) is 4.00. The van der Waals surface area contributed by atoms with E-state index in [-0.39, 0.29) is 0 Å². The van der Waals surface area contributed by atoms with Crippen LogP contribution in [0.15, 0.2) is 0 Å². The van der Waals surface area contributed by atoms with Gasteiger partial charge in [-0.2, -0.15) is 0 Å². The minimum absolute atomic E-state index is 3.08. The van der Waals surface area contributed by atoms with Crippen molar-refractivity contribution in [3.05, 3.63) is 0 Å². The molecule has 0 amide bonds. The molecule has 80 valence electrons. The third-order valence-corrected chi connectivity index (χ3v) is 5.15. The Hall–Kier alpha value is 0.538. The van der Waals surface area contributed by atoms with Gasteiger partial charge in [-0.3, -0.25) is 0 Å². The summed E-state index contributed by atoms with van der Waals surface area (Å²) in [5.74, 6) is 0. The van der Waals surface area contributed by atoms with Crippen LogP contribution in [-0.4, -0.2) is 37.4 Å². The fourth-order valence-electron chi connectivity index (χ4n) is 0.284. The Bertz CT molecular complexity index is 275. The van der Waals surface area contributed by atoms with Crippen LogP contribution in [0.3, 0.4) is 0 Å². The molecule has 0 rings (SSSR count). The average Bonchev–Trinajstić information content (AvgIpc) is 1.43. The van der Waals surface area contributed by atoms with Crippen LogP contribution in [0.4, 0.5) is 0 Å². The number of rotatable bonds is 4. The molecule has 0 heterocycles. The monoisotopic (exact) mass is 302 g/mol. The van der Waals surface area contributed by atoms with E-state index < -0.39 is 30.2 Å². The van der Waals surface area contributed by atoms with E-state index in [1.165, 1.54) is 0 Å². The van der Waals surface area contributed by atoms with Gasteiger partial charge in [-0.05, 0) is 0 Å². The maximum absolute atomic E-state index is 10.4. The van der Waals surface area contributed by atoms with Crippen molar-refractivity contribution in [2.45, 2.75) is 0 Å². The van der Waals surface area contributed by atoms with Gasteiger partial charge in [0.15, 0.2) is 0 Å². The van der Waals surface area contributed by atoms with E-state index >= 15 is 0 Å². The molecule has 0 aromatic rings. The summed E-state index contributed by atoms with van der Waals surface area (Å²) in [6, 6.07) is 0. The molecule has 0 saturated heterocycles. The molecule has 1 unspecified atom stereocenters. The van der Waals surface area contributed by atoms with Gasteiger partial charge < -0.3 is 0 Å². The molecule has 0 aliphatic heterocycles. The third kappa shape index (κ3) is 8.86. The molecule has 0 saturated carbocycles. The summed E-state index contributed by atoms with van der Waals surface area (Å²) in [6.07, 6.45) is 0. The molecule has 0 fully saturated rings. The van der Waals surface area contributed by atoms with Crippen molar-refractivity contribution in [3.63, 3.8) is 0 Å². The summed E-state index contributed by atoms with van der Waals surface area (Å²) >= 11 is -5.94. The van der Waals surface area contributed by atoms with Gasteiger partial charge in [-0.1, -0.05) is 0 Å². The third-order valence-electron chi connectivity index (χ3n) is 0.419. The Morgan fingerprint density at radius 3 is 1.69 bits per heavy atom. The first kappa shape index (κ1) is 13.5. The Labute approximate surface area is 74.3 Å². The summed E-state index contributed by atoms with van der Waals surface area (Å²) in [7, 11) is -10.8. The average molecular weight is 302 g/mol. The van der Waals surface area contributed by atoms with Crippen molar-refractivity contribution < 1.29 is 43.6 Å². The molecule has 1 atom stereocenters. The molecule has 0 bridgehead atoms. The molecular formula is H5AsO10P2. The minimum atomic E-state index is -5.94. The number of phosphoric acid groups is 2. The van der Waals surface area contributed by atoms with Crippen molar-refractivity contribution in [2.75, 3.05) is 0 Å². The van der Waals surface area contributed by atoms with E-state index in [2.05, 4.69) is 7.82 Å². The SMILES string of the molecule is O=P(O)(O)OP(=O)(O)O[As](=O)(O)O. The molecule has 0 radical (unpaired) electrons. The van der Waals surface area contributed by atoms with Gasteiger partial charge in [-0.25, -0.2) is 0 Å². The van der Waals surface area contributed by atoms with Gasteiger partial charge in [0.05, 0.1) is 0 Å². The Morgan fingerprint density at radius 2 is 1.46 bits per heavy atom. The van der Waals surface area contributed by atoms with Crippen LogP contribution in [0.2, 0.25) is 0 Å². The maximum atomic E-state index is 10.4. The van der Waals surface area contributed by atoms with Crippen molar-refractivity contribution in [2.24, 2.45) is 0 Å². The topological polar surface area (TPSA) is 171 Å². The zero-order valence-electron chi connectivity index (χ0n) is 5.62. The van der Waals surface area contributed by atoms with E-state index in [1.54, 1.807) is 0 Å². The second-order valence-electron chi connectivity index (χ2n) is 1.61. The first-order valence-electron chi connectivity index (χ1n) is 2.28. The molecule has 0 aromatic carbocycles. The summed E-state index contributed by atoms with van der Waals surface area (Å²) in [6.45, 7) is 0. The Morgan fingerprint density at radius 1 is 1.08 bits per heavy atom. The van der Waals surface area contributed by atoms with Crippen LogP contribution in [0, 0.1) is 0 Å². The van der Waals surface area contributed by atoms with Crippen LogP contribution in [0.5, 0.6) is 0 Å². The predicted octanol–water partition coefficient (Wildman–Crippen LogP) is -1.94. The van der Waals surface area contributed by atoms with E-state index in [4.69, 9.17) is 22.9 Å². The molecule has 5 N–H and O–H groups in total. The standard InChI is InChI=1S/AsH5O10P2/c2-1(3,4)10-13(8,9)11-12(5,6)7/h(H,8,9)(H2,2,3,4)(H2,5,6,7). The van der Waals surface area contributed by atoms with Crippen LogP contribution in [0.25, 0.3) is 0 Å². The van der Waals surface area contributed by atoms with Gasteiger partial charge in [0.2, 0.25) is 0 Å². The van der Waals surface area contributed by atoms with E-state index in [9.17, 15) is 12.9 Å². The first-order chi connectivity index (χ1) is 5.41. The van der Waals surface area contributed by atoms with E-state index in [0.717, 1.165) is 0 Å². The van der Waals surface area contributed by atoms with Crippen LogP contribution in [-0.2, 0) is 20.7 Å².